The molecule has 0 aliphatic rings. The van der Waals surface area contributed by atoms with Gasteiger partial charge in [0, 0.05) is 23.1 Å². The number of tetrazole rings is 1. The van der Waals surface area contributed by atoms with Crippen molar-refractivity contribution in [1.82, 2.24) is 25.2 Å². The highest BCUT2D eigenvalue weighted by Crippen LogP contribution is 2.43. The van der Waals surface area contributed by atoms with E-state index >= 15 is 0 Å². The average molecular weight is 633 g/mol. The normalized spacial score (nSPS) is 13.4. The summed E-state index contributed by atoms with van der Waals surface area (Å²) in [6.07, 6.45) is -6.99. The second-order valence-electron chi connectivity index (χ2n) is 11.0. The number of aryl methyl sites for hydroxylation is 1. The van der Waals surface area contributed by atoms with Crippen LogP contribution in [0.1, 0.15) is 53.9 Å². The number of alkyl halides is 3. The SMILES string of the molecule is COc1cc(C(=O)CCC(O)(c2cc(C(C)(C)N)cc(-c3ccc(F)c(C)c3)n2)C(F)(F)F)ccc1OCCn1nn[nH]c1=O. The minimum Gasteiger partial charge on any atom is -0.493 e. The maximum Gasteiger partial charge on any atom is 0.422 e. The summed E-state index contributed by atoms with van der Waals surface area (Å²) >= 11 is 0. The number of benzene rings is 2. The molecule has 0 saturated heterocycles. The number of carbonyl (C=O) groups is 1. The van der Waals surface area contributed by atoms with E-state index in [4.69, 9.17) is 15.2 Å². The third-order valence-corrected chi connectivity index (χ3v) is 7.21. The van der Waals surface area contributed by atoms with Gasteiger partial charge in [-0.15, -0.1) is 0 Å². The number of nitrogens with zero attached hydrogens (tertiary/aromatic N) is 4. The highest BCUT2D eigenvalue weighted by molar-refractivity contribution is 5.96. The fraction of sp³-hybridized carbons (Fsp3) is 0.367. The monoisotopic (exact) mass is 632 g/mol. The largest absolute Gasteiger partial charge is 0.493 e. The lowest BCUT2D eigenvalue weighted by molar-refractivity contribution is -0.270. The number of hydrogen-bond donors (Lipinski definition) is 3. The van der Waals surface area contributed by atoms with Crippen LogP contribution in [0.25, 0.3) is 11.3 Å². The number of aromatic nitrogens is 5. The van der Waals surface area contributed by atoms with E-state index in [9.17, 15) is 32.3 Å². The molecule has 2 aromatic carbocycles. The number of aliphatic hydroxyl groups is 1. The molecular weight excluding hydrogens is 600 g/mol. The van der Waals surface area contributed by atoms with Crippen molar-refractivity contribution in [3.8, 4) is 22.8 Å². The smallest absolute Gasteiger partial charge is 0.422 e. The molecule has 0 amide bonds. The molecule has 4 N–H and O–H groups in total. The summed E-state index contributed by atoms with van der Waals surface area (Å²) in [4.78, 5) is 28.8. The van der Waals surface area contributed by atoms with Crippen LogP contribution < -0.4 is 20.9 Å². The molecule has 0 spiro atoms. The van der Waals surface area contributed by atoms with Gasteiger partial charge in [-0.25, -0.2) is 19.3 Å². The summed E-state index contributed by atoms with van der Waals surface area (Å²) in [5, 5.41) is 20.3. The molecule has 4 rings (SSSR count). The number of halogens is 4. The van der Waals surface area contributed by atoms with Crippen LogP contribution >= 0.6 is 0 Å². The van der Waals surface area contributed by atoms with Gasteiger partial charge in [-0.2, -0.15) is 17.9 Å². The van der Waals surface area contributed by atoms with Crippen LogP contribution in [0.5, 0.6) is 11.5 Å². The lowest BCUT2D eigenvalue weighted by Gasteiger charge is -2.32. The second kappa shape index (κ2) is 12.8. The lowest BCUT2D eigenvalue weighted by Crippen LogP contribution is -2.44. The van der Waals surface area contributed by atoms with Gasteiger partial charge in [0.05, 0.1) is 25.0 Å². The highest BCUT2D eigenvalue weighted by Gasteiger charge is 2.56. The first kappa shape index (κ1) is 33.3. The Hall–Kier alpha value is -4.63. The Kier molecular flexibility index (Phi) is 9.44. The van der Waals surface area contributed by atoms with Gasteiger partial charge in [0.15, 0.2) is 17.3 Å². The van der Waals surface area contributed by atoms with E-state index in [2.05, 4.69) is 20.5 Å². The van der Waals surface area contributed by atoms with Crippen LogP contribution in [0.2, 0.25) is 0 Å². The van der Waals surface area contributed by atoms with Gasteiger partial charge < -0.3 is 20.3 Å². The van der Waals surface area contributed by atoms with E-state index in [1.807, 2.05) is 0 Å². The summed E-state index contributed by atoms with van der Waals surface area (Å²) in [5.74, 6) is -0.870. The summed E-state index contributed by atoms with van der Waals surface area (Å²) in [7, 11) is 1.32. The first-order valence-electron chi connectivity index (χ1n) is 13.7. The molecule has 240 valence electrons. The van der Waals surface area contributed by atoms with Crippen molar-refractivity contribution in [2.75, 3.05) is 13.7 Å². The zero-order valence-corrected chi connectivity index (χ0v) is 24.9. The molecule has 2 aromatic heterocycles. The summed E-state index contributed by atoms with van der Waals surface area (Å²) in [6.45, 7) is 4.73. The zero-order chi connectivity index (χ0) is 33.2. The van der Waals surface area contributed by atoms with Gasteiger partial charge in [-0.1, -0.05) is 0 Å². The topological polar surface area (TPSA) is 158 Å². The Bertz CT molecular complexity index is 1750. The molecule has 11 nitrogen and oxygen atoms in total. The number of nitrogens with two attached hydrogens (primary N) is 1. The van der Waals surface area contributed by atoms with Crippen molar-refractivity contribution < 1.29 is 36.9 Å². The predicted molar refractivity (Wildman–Crippen MR) is 154 cm³/mol. The summed E-state index contributed by atoms with van der Waals surface area (Å²) in [6, 6.07) is 10.6. The predicted octanol–water partition coefficient (Wildman–Crippen LogP) is 4.17. The van der Waals surface area contributed by atoms with Crippen molar-refractivity contribution in [2.45, 2.75) is 57.5 Å². The number of carbonyl (C=O) groups excluding carboxylic acids is 1. The molecule has 0 aliphatic carbocycles. The third kappa shape index (κ3) is 7.37. The molecule has 45 heavy (non-hydrogen) atoms. The number of aromatic amines is 1. The maximum absolute atomic E-state index is 14.6. The van der Waals surface area contributed by atoms with Crippen LogP contribution in [0, 0.1) is 12.7 Å². The Labute approximate surface area is 255 Å². The number of ether oxygens (including phenoxy) is 2. The summed E-state index contributed by atoms with van der Waals surface area (Å²) in [5.41, 5.74) is 1.18. The van der Waals surface area contributed by atoms with Crippen molar-refractivity contribution in [1.29, 1.82) is 0 Å². The van der Waals surface area contributed by atoms with Gasteiger partial charge in [-0.05, 0) is 97.3 Å². The molecule has 1 unspecified atom stereocenters. The quantitative estimate of drug-likeness (QED) is 0.154. The van der Waals surface area contributed by atoms with Crippen LogP contribution in [0.15, 0.2) is 53.3 Å². The molecular formula is C30H32F4N6O5. The van der Waals surface area contributed by atoms with Crippen molar-refractivity contribution in [2.24, 2.45) is 5.73 Å². The molecule has 4 aromatic rings. The van der Waals surface area contributed by atoms with Crippen LogP contribution in [-0.2, 0) is 17.7 Å². The van der Waals surface area contributed by atoms with Gasteiger partial charge in [0.2, 0.25) is 5.60 Å². The van der Waals surface area contributed by atoms with Gasteiger partial charge in [-0.3, -0.25) is 4.79 Å². The van der Waals surface area contributed by atoms with Crippen LogP contribution in [-0.4, -0.2) is 56.0 Å². The first-order valence-corrected chi connectivity index (χ1v) is 13.7. The van der Waals surface area contributed by atoms with Crippen molar-refractivity contribution in [3.05, 3.63) is 87.2 Å². The molecule has 0 radical (unpaired) electrons. The van der Waals surface area contributed by atoms with Crippen molar-refractivity contribution >= 4 is 5.78 Å². The average Bonchev–Trinajstić information content (AvgIpc) is 3.40. The molecule has 0 fully saturated rings. The lowest BCUT2D eigenvalue weighted by atomic mass is 9.86. The maximum atomic E-state index is 14.6. The minimum atomic E-state index is -5.23. The first-order chi connectivity index (χ1) is 21.0. The van der Waals surface area contributed by atoms with E-state index in [0.29, 0.717) is 5.56 Å². The summed E-state index contributed by atoms with van der Waals surface area (Å²) < 4.78 is 69.6. The Morgan fingerprint density at radius 1 is 1.09 bits per heavy atom. The number of pyridine rings is 1. The zero-order valence-electron chi connectivity index (χ0n) is 24.9. The van der Waals surface area contributed by atoms with E-state index in [1.165, 1.54) is 56.5 Å². The molecule has 1 atom stereocenters. The van der Waals surface area contributed by atoms with E-state index in [1.54, 1.807) is 13.8 Å². The molecule has 0 bridgehead atoms. The van der Waals surface area contributed by atoms with Gasteiger partial charge in [0.1, 0.15) is 12.4 Å². The van der Waals surface area contributed by atoms with Gasteiger partial charge >= 0.3 is 11.9 Å². The second-order valence-corrected chi connectivity index (χ2v) is 11.0. The van der Waals surface area contributed by atoms with E-state index in [-0.39, 0.29) is 47.0 Å². The number of H-pyrrole nitrogens is 1. The molecule has 0 aliphatic heterocycles. The van der Waals surface area contributed by atoms with E-state index in [0.717, 1.165) is 10.7 Å². The number of methoxy groups -OCH3 is 1. The minimum absolute atomic E-state index is 0.000143. The number of hydrogen-bond acceptors (Lipinski definition) is 9. The Morgan fingerprint density at radius 3 is 2.42 bits per heavy atom. The van der Waals surface area contributed by atoms with Gasteiger partial charge in [0.25, 0.3) is 0 Å². The molecule has 0 saturated carbocycles. The third-order valence-electron chi connectivity index (χ3n) is 7.21. The van der Waals surface area contributed by atoms with E-state index < -0.39 is 53.1 Å². The van der Waals surface area contributed by atoms with Crippen molar-refractivity contribution in [3.63, 3.8) is 0 Å². The Balaban J connectivity index is 1.60. The fourth-order valence-corrected chi connectivity index (χ4v) is 4.49. The number of rotatable bonds is 12. The number of ketones is 1. The number of Topliss-reactive ketones (excluding diaryl/α,β-unsaturated/α-hetero) is 1. The fourth-order valence-electron chi connectivity index (χ4n) is 4.49. The number of nitrogens with one attached hydrogen (secondary N) is 1. The highest BCUT2D eigenvalue weighted by atomic mass is 19.4. The van der Waals surface area contributed by atoms with Crippen LogP contribution in [0.3, 0.4) is 0 Å². The molecule has 2 heterocycles. The Morgan fingerprint density at radius 2 is 1.82 bits per heavy atom. The molecule has 15 heteroatoms. The standard InChI is InChI=1S/C30H32F4N6O5/c1-17-13-18(5-7-21(17)31)22-15-20(28(2,3)35)16-26(36-22)29(43,30(32,33)34)10-9-23(41)19-6-8-24(25(14-19)44-4)45-12-11-40-27(42)37-38-39-40/h5-8,13-16,43H,9-12,35H2,1-4H3,(H,37,39,42). The van der Waals surface area contributed by atoms with Crippen LogP contribution in [0.4, 0.5) is 17.6 Å².